The zero-order chi connectivity index (χ0) is 16.7. The lowest BCUT2D eigenvalue weighted by atomic mass is 10.0. The monoisotopic (exact) mass is 369 g/mol. The number of alkyl halides is 3. The second-order valence-corrected chi connectivity index (χ2v) is 5.39. The third-order valence-electron chi connectivity index (χ3n) is 2.72. The van der Waals surface area contributed by atoms with Crippen LogP contribution in [0.15, 0.2) is 24.4 Å². The Morgan fingerprint density at radius 2 is 1.64 bits per heavy atom. The van der Waals surface area contributed by atoms with E-state index in [2.05, 4.69) is 4.98 Å². The molecule has 0 radical (unpaired) electrons. The van der Waals surface area contributed by atoms with E-state index >= 15 is 0 Å². The molecule has 0 atom stereocenters. The lowest BCUT2D eigenvalue weighted by molar-refractivity contribution is -0.138. The Hall–Kier alpha value is -1.50. The van der Waals surface area contributed by atoms with Gasteiger partial charge in [0, 0.05) is 17.3 Å². The number of benzene rings is 1. The van der Waals surface area contributed by atoms with Crippen molar-refractivity contribution in [3.63, 3.8) is 0 Å². The van der Waals surface area contributed by atoms with Gasteiger partial charge < -0.3 is 5.11 Å². The lowest BCUT2D eigenvalue weighted by Gasteiger charge is -2.12. The molecule has 1 heterocycles. The summed E-state index contributed by atoms with van der Waals surface area (Å²) < 4.78 is 38.9. The Morgan fingerprint density at radius 3 is 2.18 bits per heavy atom. The molecule has 0 spiro atoms. The number of halogens is 6. The van der Waals surface area contributed by atoms with Crippen LogP contribution >= 0.6 is 34.8 Å². The molecule has 0 aliphatic carbocycles. The number of pyridine rings is 1. The molecule has 0 bridgehead atoms. The Balaban J connectivity index is 2.69. The summed E-state index contributed by atoms with van der Waals surface area (Å²) in [5.41, 5.74) is -2.33. The summed E-state index contributed by atoms with van der Waals surface area (Å²) in [7, 11) is 0. The maximum Gasteiger partial charge on any atom is 0.418 e. The molecular weight excluding hydrogens is 366 g/mol. The zero-order valence-corrected chi connectivity index (χ0v) is 12.6. The molecule has 22 heavy (non-hydrogen) atoms. The third-order valence-corrected chi connectivity index (χ3v) is 3.75. The first-order valence-corrected chi connectivity index (χ1v) is 6.70. The molecule has 0 amide bonds. The Labute approximate surface area is 137 Å². The summed E-state index contributed by atoms with van der Waals surface area (Å²) in [6, 6.07) is 3.21. The predicted octanol–water partition coefficient (Wildman–Crippen LogP) is 5.43. The smallest absolute Gasteiger partial charge is 0.418 e. The fourth-order valence-corrected chi connectivity index (χ4v) is 2.40. The van der Waals surface area contributed by atoms with E-state index < -0.39 is 23.4 Å². The number of aromatic carboxylic acids is 1. The number of carboxylic acids is 1. The van der Waals surface area contributed by atoms with Gasteiger partial charge in [-0.15, -0.1) is 0 Å². The van der Waals surface area contributed by atoms with Crippen molar-refractivity contribution in [2.75, 3.05) is 0 Å². The average Bonchev–Trinajstić information content (AvgIpc) is 2.41. The van der Waals surface area contributed by atoms with Gasteiger partial charge in [-0.1, -0.05) is 34.8 Å². The SMILES string of the molecule is O=C(O)c1ncc(-c2cc(Cl)c(Cl)cc2Cl)cc1C(F)(F)F. The first kappa shape index (κ1) is 16.9. The highest BCUT2D eigenvalue weighted by Crippen LogP contribution is 2.38. The van der Waals surface area contributed by atoms with Crippen molar-refractivity contribution in [3.8, 4) is 11.1 Å². The highest BCUT2D eigenvalue weighted by Gasteiger charge is 2.36. The number of hydrogen-bond acceptors (Lipinski definition) is 2. The van der Waals surface area contributed by atoms with Crippen LogP contribution in [0.3, 0.4) is 0 Å². The van der Waals surface area contributed by atoms with Crippen LogP contribution in [0.5, 0.6) is 0 Å². The van der Waals surface area contributed by atoms with E-state index in [1.165, 1.54) is 12.1 Å². The van der Waals surface area contributed by atoms with Gasteiger partial charge >= 0.3 is 12.1 Å². The van der Waals surface area contributed by atoms with E-state index in [1.54, 1.807) is 0 Å². The summed E-state index contributed by atoms with van der Waals surface area (Å²) in [6.07, 6.45) is -3.90. The number of aromatic nitrogens is 1. The molecule has 0 fully saturated rings. The van der Waals surface area contributed by atoms with E-state index in [4.69, 9.17) is 39.9 Å². The van der Waals surface area contributed by atoms with E-state index in [0.29, 0.717) is 6.07 Å². The van der Waals surface area contributed by atoms with Crippen LogP contribution in [0, 0.1) is 0 Å². The summed E-state index contributed by atoms with van der Waals surface area (Å²) in [4.78, 5) is 14.2. The van der Waals surface area contributed by atoms with E-state index in [1.807, 2.05) is 0 Å². The van der Waals surface area contributed by atoms with Crippen molar-refractivity contribution in [1.82, 2.24) is 4.98 Å². The fourth-order valence-electron chi connectivity index (χ4n) is 1.74. The Bertz CT molecular complexity index is 763. The van der Waals surface area contributed by atoms with Gasteiger partial charge in [0.15, 0.2) is 5.69 Å². The molecule has 1 aromatic heterocycles. The lowest BCUT2D eigenvalue weighted by Crippen LogP contribution is -2.15. The second kappa shape index (κ2) is 5.95. The number of hydrogen-bond donors (Lipinski definition) is 1. The van der Waals surface area contributed by atoms with Crippen molar-refractivity contribution in [2.45, 2.75) is 6.18 Å². The maximum atomic E-state index is 13.0. The quantitative estimate of drug-likeness (QED) is 0.718. The summed E-state index contributed by atoms with van der Waals surface area (Å²) in [5, 5.41) is 9.10. The van der Waals surface area contributed by atoms with Crippen LogP contribution in [0.25, 0.3) is 11.1 Å². The van der Waals surface area contributed by atoms with Crippen molar-refractivity contribution < 1.29 is 23.1 Å². The van der Waals surface area contributed by atoms with Gasteiger partial charge in [0.2, 0.25) is 0 Å². The Morgan fingerprint density at radius 1 is 1.05 bits per heavy atom. The summed E-state index contributed by atoms with van der Waals surface area (Å²) >= 11 is 17.5. The Kier molecular flexibility index (Phi) is 4.56. The molecule has 1 N–H and O–H groups in total. The van der Waals surface area contributed by atoms with Gasteiger partial charge in [0.1, 0.15) is 0 Å². The van der Waals surface area contributed by atoms with Gasteiger partial charge in [0.25, 0.3) is 0 Å². The minimum Gasteiger partial charge on any atom is -0.476 e. The zero-order valence-electron chi connectivity index (χ0n) is 10.4. The van der Waals surface area contributed by atoms with Crippen molar-refractivity contribution in [3.05, 3.63) is 50.7 Å². The minimum absolute atomic E-state index is 0.0270. The molecule has 9 heteroatoms. The van der Waals surface area contributed by atoms with E-state index in [0.717, 1.165) is 6.20 Å². The first-order chi connectivity index (χ1) is 10.1. The predicted molar refractivity (Wildman–Crippen MR) is 76.7 cm³/mol. The van der Waals surface area contributed by atoms with Gasteiger partial charge in [-0.05, 0) is 18.2 Å². The van der Waals surface area contributed by atoms with Gasteiger partial charge in [-0.2, -0.15) is 13.2 Å². The number of carbonyl (C=O) groups is 1. The van der Waals surface area contributed by atoms with Crippen LogP contribution in [0.2, 0.25) is 15.1 Å². The van der Waals surface area contributed by atoms with Crippen molar-refractivity contribution >= 4 is 40.8 Å². The number of carboxylic acid groups (broad SMARTS) is 1. The molecule has 2 aromatic rings. The topological polar surface area (TPSA) is 50.2 Å². The second-order valence-electron chi connectivity index (χ2n) is 4.17. The number of nitrogens with zero attached hydrogens (tertiary/aromatic N) is 1. The molecule has 0 saturated heterocycles. The summed E-state index contributed by atoms with van der Waals surface area (Å²) in [5.74, 6) is -1.78. The van der Waals surface area contributed by atoms with Crippen molar-refractivity contribution in [2.24, 2.45) is 0 Å². The normalized spacial score (nSPS) is 11.5. The van der Waals surface area contributed by atoms with Crippen LogP contribution in [0.1, 0.15) is 16.1 Å². The average molecular weight is 371 g/mol. The minimum atomic E-state index is -4.88. The first-order valence-electron chi connectivity index (χ1n) is 5.56. The van der Waals surface area contributed by atoms with Gasteiger partial charge in [-0.3, -0.25) is 0 Å². The highest BCUT2D eigenvalue weighted by molar-refractivity contribution is 6.44. The highest BCUT2D eigenvalue weighted by atomic mass is 35.5. The van der Waals surface area contributed by atoms with E-state index in [-0.39, 0.29) is 26.2 Å². The van der Waals surface area contributed by atoms with Crippen LogP contribution in [-0.4, -0.2) is 16.1 Å². The van der Waals surface area contributed by atoms with E-state index in [9.17, 15) is 18.0 Å². The molecule has 0 aliphatic rings. The summed E-state index contributed by atoms with van der Waals surface area (Å²) in [6.45, 7) is 0. The van der Waals surface area contributed by atoms with Gasteiger partial charge in [-0.25, -0.2) is 9.78 Å². The number of rotatable bonds is 2. The molecule has 0 aliphatic heterocycles. The third kappa shape index (κ3) is 3.29. The maximum absolute atomic E-state index is 13.0. The molecule has 0 saturated carbocycles. The van der Waals surface area contributed by atoms with Crippen LogP contribution in [0.4, 0.5) is 13.2 Å². The molecular formula is C13H5Cl3F3NO2. The van der Waals surface area contributed by atoms with Crippen LogP contribution in [-0.2, 0) is 6.18 Å². The van der Waals surface area contributed by atoms with Crippen LogP contribution < -0.4 is 0 Å². The van der Waals surface area contributed by atoms with Gasteiger partial charge in [0.05, 0.1) is 20.6 Å². The standard InChI is InChI=1S/C13H5Cl3F3NO2/c14-8-3-10(16)9(15)2-6(8)5-1-7(13(17,18)19)11(12(21)22)20-4-5/h1-4H,(H,21,22). The molecule has 3 nitrogen and oxygen atoms in total. The largest absolute Gasteiger partial charge is 0.476 e. The van der Waals surface area contributed by atoms with Crippen molar-refractivity contribution in [1.29, 1.82) is 0 Å². The molecule has 0 unspecified atom stereocenters. The molecule has 116 valence electrons. The molecule has 1 aromatic carbocycles. The molecule has 2 rings (SSSR count). The fraction of sp³-hybridized carbons (Fsp3) is 0.0769.